The number of carbonyl (C=O) groups is 2. The minimum atomic E-state index is -1.33. The number of primary amides is 1. The predicted molar refractivity (Wildman–Crippen MR) is 80.0 cm³/mol. The van der Waals surface area contributed by atoms with Gasteiger partial charge in [0.1, 0.15) is 23.6 Å². The number of amides is 1. The Kier molecular flexibility index (Phi) is 3.66. The molecule has 10 heteroatoms. The number of ketones is 1. The highest BCUT2D eigenvalue weighted by molar-refractivity contribution is 6.18. The van der Waals surface area contributed by atoms with Gasteiger partial charge in [0.05, 0.1) is 22.1 Å². The number of hydrazine groups is 1. The summed E-state index contributed by atoms with van der Waals surface area (Å²) < 4.78 is 28.4. The Morgan fingerprint density at radius 3 is 2.58 bits per heavy atom. The standard InChI is InChI=1S/C14H10F2N6O2/c15-7-2-1-5(12(17)24)10(16)9(7)11(23)6-3-19-13-8(6)14(22-18)21-4-20-13/h1-4H,18H2,(H2,17,24)(H2,19,20,21,22). The lowest BCUT2D eigenvalue weighted by Gasteiger charge is -2.07. The fraction of sp³-hybridized carbons (Fsp3) is 0. The van der Waals surface area contributed by atoms with E-state index in [0.717, 1.165) is 12.1 Å². The minimum Gasteiger partial charge on any atom is -0.366 e. The lowest BCUT2D eigenvalue weighted by Crippen LogP contribution is -2.17. The molecule has 2 aromatic heterocycles. The summed E-state index contributed by atoms with van der Waals surface area (Å²) in [4.78, 5) is 34.3. The first-order valence-corrected chi connectivity index (χ1v) is 6.57. The third kappa shape index (κ3) is 2.25. The molecule has 0 saturated heterocycles. The molecule has 0 spiro atoms. The summed E-state index contributed by atoms with van der Waals surface area (Å²) in [5.41, 5.74) is 5.94. The van der Waals surface area contributed by atoms with Crippen molar-refractivity contribution in [2.24, 2.45) is 11.6 Å². The topological polar surface area (TPSA) is 140 Å². The van der Waals surface area contributed by atoms with E-state index < -0.39 is 34.5 Å². The number of rotatable bonds is 4. The van der Waals surface area contributed by atoms with E-state index in [-0.39, 0.29) is 22.4 Å². The molecular formula is C14H10F2N6O2. The molecular weight excluding hydrogens is 322 g/mol. The Morgan fingerprint density at radius 1 is 1.17 bits per heavy atom. The molecule has 1 amide bonds. The van der Waals surface area contributed by atoms with Crippen molar-refractivity contribution in [3.05, 3.63) is 53.0 Å². The number of fused-ring (bicyclic) bond motifs is 1. The van der Waals surface area contributed by atoms with E-state index in [1.807, 2.05) is 0 Å². The smallest absolute Gasteiger partial charge is 0.251 e. The van der Waals surface area contributed by atoms with Crippen LogP contribution in [0.1, 0.15) is 26.3 Å². The maximum absolute atomic E-state index is 14.4. The van der Waals surface area contributed by atoms with E-state index in [4.69, 9.17) is 11.6 Å². The predicted octanol–water partition coefficient (Wildman–Crippen LogP) is 0.852. The minimum absolute atomic E-state index is 0.0940. The Bertz CT molecular complexity index is 985. The normalized spacial score (nSPS) is 10.8. The average Bonchev–Trinajstić information content (AvgIpc) is 2.98. The number of hydrogen-bond donors (Lipinski definition) is 4. The largest absolute Gasteiger partial charge is 0.366 e. The van der Waals surface area contributed by atoms with Crippen molar-refractivity contribution in [1.82, 2.24) is 15.0 Å². The second-order valence-corrected chi connectivity index (χ2v) is 4.77. The monoisotopic (exact) mass is 332 g/mol. The zero-order valence-electron chi connectivity index (χ0n) is 11.9. The van der Waals surface area contributed by atoms with Crippen LogP contribution in [-0.2, 0) is 0 Å². The Hall–Kier alpha value is -3.40. The van der Waals surface area contributed by atoms with Crippen LogP contribution in [0, 0.1) is 11.6 Å². The van der Waals surface area contributed by atoms with Gasteiger partial charge in [0.15, 0.2) is 5.82 Å². The number of nitrogens with two attached hydrogens (primary N) is 2. The lowest BCUT2D eigenvalue weighted by molar-refractivity contribution is 0.0996. The fourth-order valence-corrected chi connectivity index (χ4v) is 2.34. The van der Waals surface area contributed by atoms with Crippen LogP contribution in [0.25, 0.3) is 11.0 Å². The number of H-pyrrole nitrogens is 1. The number of hydrogen-bond acceptors (Lipinski definition) is 6. The van der Waals surface area contributed by atoms with Gasteiger partial charge in [-0.05, 0) is 12.1 Å². The Morgan fingerprint density at radius 2 is 1.92 bits per heavy atom. The molecule has 24 heavy (non-hydrogen) atoms. The van der Waals surface area contributed by atoms with Crippen LogP contribution in [-0.4, -0.2) is 26.6 Å². The SMILES string of the molecule is NNc1ncnc2[nH]cc(C(=O)c3c(F)ccc(C(N)=O)c3F)c12. The van der Waals surface area contributed by atoms with Crippen molar-refractivity contribution in [2.75, 3.05) is 5.43 Å². The number of carbonyl (C=O) groups excluding carboxylic acids is 2. The molecule has 122 valence electrons. The molecule has 0 aliphatic carbocycles. The van der Waals surface area contributed by atoms with Crippen LogP contribution in [0.15, 0.2) is 24.7 Å². The summed E-state index contributed by atoms with van der Waals surface area (Å²) in [6.45, 7) is 0. The maximum atomic E-state index is 14.4. The quantitative estimate of drug-likeness (QED) is 0.317. The number of halogens is 2. The van der Waals surface area contributed by atoms with E-state index in [0.29, 0.717) is 0 Å². The third-order valence-electron chi connectivity index (χ3n) is 3.43. The van der Waals surface area contributed by atoms with Crippen LogP contribution >= 0.6 is 0 Å². The van der Waals surface area contributed by atoms with Crippen LogP contribution < -0.4 is 17.0 Å². The first-order valence-electron chi connectivity index (χ1n) is 6.57. The van der Waals surface area contributed by atoms with Gasteiger partial charge in [0, 0.05) is 6.20 Å². The number of nitrogen functional groups attached to an aromatic ring is 1. The summed E-state index contributed by atoms with van der Waals surface area (Å²) in [6.07, 6.45) is 2.41. The molecule has 1 aromatic carbocycles. The van der Waals surface area contributed by atoms with Gasteiger partial charge in [-0.2, -0.15) is 0 Å². The number of nitrogens with zero attached hydrogens (tertiary/aromatic N) is 2. The van der Waals surface area contributed by atoms with Crippen LogP contribution in [0.2, 0.25) is 0 Å². The first-order chi connectivity index (χ1) is 11.5. The number of aromatic amines is 1. The number of anilines is 1. The fourth-order valence-electron chi connectivity index (χ4n) is 2.34. The van der Waals surface area contributed by atoms with Gasteiger partial charge in [-0.3, -0.25) is 9.59 Å². The Balaban J connectivity index is 2.25. The zero-order valence-corrected chi connectivity index (χ0v) is 11.9. The summed E-state index contributed by atoms with van der Waals surface area (Å²) in [6, 6.07) is 1.67. The maximum Gasteiger partial charge on any atom is 0.251 e. The first kappa shape index (κ1) is 15.5. The molecule has 2 heterocycles. The molecule has 0 saturated carbocycles. The molecule has 6 N–H and O–H groups in total. The van der Waals surface area contributed by atoms with Crippen LogP contribution in [0.4, 0.5) is 14.6 Å². The third-order valence-corrected chi connectivity index (χ3v) is 3.43. The van der Waals surface area contributed by atoms with E-state index in [1.54, 1.807) is 0 Å². The van der Waals surface area contributed by atoms with Crippen molar-refractivity contribution in [1.29, 1.82) is 0 Å². The second-order valence-electron chi connectivity index (χ2n) is 4.77. The van der Waals surface area contributed by atoms with Crippen molar-refractivity contribution in [2.45, 2.75) is 0 Å². The molecule has 0 aliphatic rings. The zero-order chi connectivity index (χ0) is 17.4. The van der Waals surface area contributed by atoms with Gasteiger partial charge >= 0.3 is 0 Å². The Labute approximate surface area is 132 Å². The molecule has 3 aromatic rings. The van der Waals surface area contributed by atoms with Crippen molar-refractivity contribution < 1.29 is 18.4 Å². The second kappa shape index (κ2) is 5.66. The van der Waals surface area contributed by atoms with E-state index in [2.05, 4.69) is 20.4 Å². The van der Waals surface area contributed by atoms with Crippen LogP contribution in [0.3, 0.4) is 0 Å². The number of nitrogens with one attached hydrogen (secondary N) is 2. The van der Waals surface area contributed by atoms with Crippen molar-refractivity contribution in [3.8, 4) is 0 Å². The molecule has 0 bridgehead atoms. The molecule has 0 radical (unpaired) electrons. The molecule has 8 nitrogen and oxygen atoms in total. The summed E-state index contributed by atoms with van der Waals surface area (Å²) in [7, 11) is 0. The van der Waals surface area contributed by atoms with Gasteiger partial charge in [-0.1, -0.05) is 0 Å². The molecule has 0 fully saturated rings. The summed E-state index contributed by atoms with van der Waals surface area (Å²) >= 11 is 0. The highest BCUT2D eigenvalue weighted by Crippen LogP contribution is 2.27. The number of aromatic nitrogens is 3. The van der Waals surface area contributed by atoms with E-state index in [9.17, 15) is 18.4 Å². The van der Waals surface area contributed by atoms with Crippen molar-refractivity contribution >= 4 is 28.5 Å². The number of benzene rings is 1. The van der Waals surface area contributed by atoms with Gasteiger partial charge < -0.3 is 16.1 Å². The van der Waals surface area contributed by atoms with Crippen LogP contribution in [0.5, 0.6) is 0 Å². The lowest BCUT2D eigenvalue weighted by atomic mass is 9.99. The van der Waals surface area contributed by atoms with Crippen molar-refractivity contribution in [3.63, 3.8) is 0 Å². The average molecular weight is 332 g/mol. The summed E-state index contributed by atoms with van der Waals surface area (Å²) in [5.74, 6) is 0.838. The highest BCUT2D eigenvalue weighted by Gasteiger charge is 2.26. The molecule has 0 unspecified atom stereocenters. The van der Waals surface area contributed by atoms with E-state index in [1.165, 1.54) is 12.5 Å². The summed E-state index contributed by atoms with van der Waals surface area (Å²) in [5, 5.41) is 0.160. The highest BCUT2D eigenvalue weighted by atomic mass is 19.1. The van der Waals surface area contributed by atoms with Gasteiger partial charge in [-0.25, -0.2) is 24.6 Å². The van der Waals surface area contributed by atoms with Gasteiger partial charge in [-0.15, -0.1) is 0 Å². The van der Waals surface area contributed by atoms with Gasteiger partial charge in [0.2, 0.25) is 5.78 Å². The molecule has 0 aliphatic heterocycles. The molecule has 0 atom stereocenters. The van der Waals surface area contributed by atoms with E-state index >= 15 is 0 Å². The molecule has 3 rings (SSSR count). The van der Waals surface area contributed by atoms with Gasteiger partial charge in [0.25, 0.3) is 5.91 Å².